The third-order valence-electron chi connectivity index (χ3n) is 2.65. The third kappa shape index (κ3) is 4.89. The Morgan fingerprint density at radius 2 is 1.65 bits per heavy atom. The van der Waals surface area contributed by atoms with Gasteiger partial charge in [0.15, 0.2) is 0 Å². The molecule has 0 radical (unpaired) electrons. The third-order valence-corrected chi connectivity index (χ3v) is 2.65. The number of benzene rings is 1. The lowest BCUT2D eigenvalue weighted by atomic mass is 10.1. The standard InChI is InChI=1S/C14H22N4O2/c1-9(2)16-14(20)18-12-7-5-4-6-11(12)17-13(19)10(3)8-15/h4-7,9-10H,8,15H2,1-3H3,(H,17,19)(H2,16,18,20). The minimum Gasteiger partial charge on any atom is -0.336 e. The number of nitrogens with two attached hydrogens (primary N) is 1. The van der Waals surface area contributed by atoms with Crippen molar-refractivity contribution in [3.8, 4) is 0 Å². The van der Waals surface area contributed by atoms with E-state index in [0.29, 0.717) is 11.4 Å². The van der Waals surface area contributed by atoms with E-state index in [2.05, 4.69) is 16.0 Å². The van der Waals surface area contributed by atoms with Crippen molar-refractivity contribution in [2.24, 2.45) is 11.7 Å². The number of nitrogens with one attached hydrogen (secondary N) is 3. The van der Waals surface area contributed by atoms with Crippen LogP contribution in [0.15, 0.2) is 24.3 Å². The zero-order valence-electron chi connectivity index (χ0n) is 12.1. The highest BCUT2D eigenvalue weighted by Gasteiger charge is 2.13. The van der Waals surface area contributed by atoms with E-state index in [4.69, 9.17) is 5.73 Å². The Morgan fingerprint density at radius 1 is 1.10 bits per heavy atom. The van der Waals surface area contributed by atoms with Crippen LogP contribution in [0.2, 0.25) is 0 Å². The van der Waals surface area contributed by atoms with Gasteiger partial charge in [-0.05, 0) is 26.0 Å². The molecule has 0 saturated carbocycles. The summed E-state index contributed by atoms with van der Waals surface area (Å²) in [6, 6.07) is 6.75. The lowest BCUT2D eigenvalue weighted by Gasteiger charge is -2.15. The van der Waals surface area contributed by atoms with E-state index in [0.717, 1.165) is 0 Å². The summed E-state index contributed by atoms with van der Waals surface area (Å²) < 4.78 is 0. The van der Waals surface area contributed by atoms with Gasteiger partial charge in [-0.25, -0.2) is 4.79 Å². The van der Waals surface area contributed by atoms with Crippen LogP contribution < -0.4 is 21.7 Å². The van der Waals surface area contributed by atoms with Crippen LogP contribution in [0.4, 0.5) is 16.2 Å². The highest BCUT2D eigenvalue weighted by Crippen LogP contribution is 2.21. The fourth-order valence-electron chi connectivity index (χ4n) is 1.48. The number of hydrogen-bond acceptors (Lipinski definition) is 3. The van der Waals surface area contributed by atoms with Crippen LogP contribution in [-0.2, 0) is 4.79 Å². The molecule has 20 heavy (non-hydrogen) atoms. The summed E-state index contributed by atoms with van der Waals surface area (Å²) in [5, 5.41) is 8.19. The van der Waals surface area contributed by atoms with Crippen molar-refractivity contribution in [3.63, 3.8) is 0 Å². The largest absolute Gasteiger partial charge is 0.336 e. The summed E-state index contributed by atoms with van der Waals surface area (Å²) in [6.45, 7) is 5.76. The van der Waals surface area contributed by atoms with Crippen LogP contribution in [0.5, 0.6) is 0 Å². The molecule has 6 heteroatoms. The molecule has 0 bridgehead atoms. The Morgan fingerprint density at radius 3 is 2.15 bits per heavy atom. The predicted octanol–water partition coefficient (Wildman–Crippen LogP) is 1.75. The van der Waals surface area contributed by atoms with Gasteiger partial charge in [0.1, 0.15) is 0 Å². The molecular formula is C14H22N4O2. The lowest BCUT2D eigenvalue weighted by Crippen LogP contribution is -2.34. The number of urea groups is 1. The Balaban J connectivity index is 2.78. The second kappa shape index (κ2) is 7.49. The first kappa shape index (κ1) is 16.0. The molecule has 3 amide bonds. The van der Waals surface area contributed by atoms with Crippen molar-refractivity contribution in [1.82, 2.24) is 5.32 Å². The van der Waals surface area contributed by atoms with Crippen LogP contribution in [-0.4, -0.2) is 24.5 Å². The van der Waals surface area contributed by atoms with Gasteiger partial charge in [0.05, 0.1) is 11.4 Å². The van der Waals surface area contributed by atoms with Gasteiger partial charge in [-0.3, -0.25) is 4.79 Å². The van der Waals surface area contributed by atoms with Gasteiger partial charge in [-0.15, -0.1) is 0 Å². The Labute approximate surface area is 119 Å². The molecule has 0 aliphatic heterocycles. The summed E-state index contributed by atoms with van der Waals surface area (Å²) >= 11 is 0. The van der Waals surface area contributed by atoms with Crippen LogP contribution in [0.25, 0.3) is 0 Å². The predicted molar refractivity (Wildman–Crippen MR) is 80.6 cm³/mol. The van der Waals surface area contributed by atoms with Gasteiger partial charge in [0.25, 0.3) is 0 Å². The first-order valence-corrected chi connectivity index (χ1v) is 6.61. The second-order valence-corrected chi connectivity index (χ2v) is 4.92. The summed E-state index contributed by atoms with van der Waals surface area (Å²) in [5.74, 6) is -0.460. The van der Waals surface area contributed by atoms with Crippen LogP contribution in [0.3, 0.4) is 0 Å². The van der Waals surface area contributed by atoms with E-state index >= 15 is 0 Å². The Kier molecular flexibility index (Phi) is 5.99. The number of rotatable bonds is 5. The van der Waals surface area contributed by atoms with E-state index in [-0.39, 0.29) is 30.4 Å². The molecule has 1 atom stereocenters. The molecule has 1 unspecified atom stereocenters. The Bertz CT molecular complexity index is 474. The quantitative estimate of drug-likeness (QED) is 0.660. The molecule has 0 aromatic heterocycles. The minimum absolute atomic E-state index is 0.0361. The fraction of sp³-hybridized carbons (Fsp3) is 0.429. The van der Waals surface area contributed by atoms with Crippen LogP contribution in [0.1, 0.15) is 20.8 Å². The van der Waals surface area contributed by atoms with Gasteiger partial charge in [0, 0.05) is 18.5 Å². The van der Waals surface area contributed by atoms with Crippen LogP contribution in [0, 0.1) is 5.92 Å². The number of amides is 3. The molecule has 1 rings (SSSR count). The van der Waals surface area contributed by atoms with Gasteiger partial charge in [-0.1, -0.05) is 19.1 Å². The maximum absolute atomic E-state index is 11.8. The molecule has 0 aliphatic rings. The van der Waals surface area contributed by atoms with E-state index in [1.807, 2.05) is 13.8 Å². The first-order valence-electron chi connectivity index (χ1n) is 6.61. The van der Waals surface area contributed by atoms with Crippen molar-refractivity contribution in [2.75, 3.05) is 17.2 Å². The topological polar surface area (TPSA) is 96.2 Å². The average Bonchev–Trinajstić information content (AvgIpc) is 2.39. The van der Waals surface area contributed by atoms with Gasteiger partial charge in [-0.2, -0.15) is 0 Å². The normalized spacial score (nSPS) is 11.8. The zero-order valence-corrected chi connectivity index (χ0v) is 12.1. The van der Waals surface area contributed by atoms with Crippen molar-refractivity contribution in [3.05, 3.63) is 24.3 Å². The number of para-hydroxylation sites is 2. The molecule has 0 aliphatic carbocycles. The monoisotopic (exact) mass is 278 g/mol. The van der Waals surface area contributed by atoms with Crippen molar-refractivity contribution in [1.29, 1.82) is 0 Å². The Hall–Kier alpha value is -2.08. The summed E-state index contributed by atoms with van der Waals surface area (Å²) in [5.41, 5.74) is 6.56. The molecular weight excluding hydrogens is 256 g/mol. The number of hydrogen-bond donors (Lipinski definition) is 4. The summed E-state index contributed by atoms with van der Waals surface area (Å²) in [6.07, 6.45) is 0. The maximum atomic E-state index is 11.8. The molecule has 110 valence electrons. The zero-order chi connectivity index (χ0) is 15.1. The molecule has 0 saturated heterocycles. The van der Waals surface area contributed by atoms with Crippen LogP contribution >= 0.6 is 0 Å². The summed E-state index contributed by atoms with van der Waals surface area (Å²) in [4.78, 5) is 23.5. The molecule has 6 nitrogen and oxygen atoms in total. The highest BCUT2D eigenvalue weighted by molar-refractivity contribution is 5.99. The van der Waals surface area contributed by atoms with Gasteiger partial charge >= 0.3 is 6.03 Å². The molecule has 1 aromatic rings. The highest BCUT2D eigenvalue weighted by atomic mass is 16.2. The maximum Gasteiger partial charge on any atom is 0.319 e. The second-order valence-electron chi connectivity index (χ2n) is 4.92. The fourth-order valence-corrected chi connectivity index (χ4v) is 1.48. The van der Waals surface area contributed by atoms with Gasteiger partial charge < -0.3 is 21.7 Å². The van der Waals surface area contributed by atoms with Crippen molar-refractivity contribution >= 4 is 23.3 Å². The molecule has 0 spiro atoms. The van der Waals surface area contributed by atoms with Gasteiger partial charge in [0.2, 0.25) is 5.91 Å². The molecule has 0 fully saturated rings. The van der Waals surface area contributed by atoms with Crippen molar-refractivity contribution in [2.45, 2.75) is 26.8 Å². The number of anilines is 2. The van der Waals surface area contributed by atoms with E-state index in [9.17, 15) is 9.59 Å². The number of carbonyl (C=O) groups excluding carboxylic acids is 2. The van der Waals surface area contributed by atoms with E-state index in [1.54, 1.807) is 31.2 Å². The lowest BCUT2D eigenvalue weighted by molar-refractivity contribution is -0.119. The minimum atomic E-state index is -0.312. The SMILES string of the molecule is CC(C)NC(=O)Nc1ccccc1NC(=O)C(C)CN. The molecule has 1 aromatic carbocycles. The number of carbonyl (C=O) groups is 2. The summed E-state index contributed by atoms with van der Waals surface area (Å²) in [7, 11) is 0. The molecule has 5 N–H and O–H groups in total. The first-order chi connectivity index (χ1) is 9.43. The van der Waals surface area contributed by atoms with Crippen molar-refractivity contribution < 1.29 is 9.59 Å². The molecule has 0 heterocycles. The van der Waals surface area contributed by atoms with E-state index in [1.165, 1.54) is 0 Å². The smallest absolute Gasteiger partial charge is 0.319 e. The average molecular weight is 278 g/mol. The van der Waals surface area contributed by atoms with E-state index < -0.39 is 0 Å².